The van der Waals surface area contributed by atoms with Gasteiger partial charge < -0.3 is 25.8 Å². The summed E-state index contributed by atoms with van der Waals surface area (Å²) < 4.78 is 0. The van der Waals surface area contributed by atoms with Gasteiger partial charge in [0.1, 0.15) is 11.7 Å². The molecule has 0 unspecified atom stereocenters. The zero-order chi connectivity index (χ0) is 24.2. The molecule has 0 saturated carbocycles. The van der Waals surface area contributed by atoms with Crippen LogP contribution in [-0.2, 0) is 9.59 Å². The van der Waals surface area contributed by atoms with E-state index in [-0.39, 0.29) is 31.2 Å². The molecule has 4 rings (SSSR count). The van der Waals surface area contributed by atoms with E-state index in [9.17, 15) is 14.4 Å². The molecule has 35 heavy (non-hydrogen) atoms. The number of piperidine rings is 2. The highest BCUT2D eigenvalue weighted by molar-refractivity contribution is 6.31. The van der Waals surface area contributed by atoms with Crippen LogP contribution in [-0.4, -0.2) is 71.8 Å². The average Bonchev–Trinajstić information content (AvgIpc) is 3.25. The Morgan fingerprint density at radius 1 is 1.09 bits per heavy atom. The number of halogens is 2. The number of aromatic amines is 1. The van der Waals surface area contributed by atoms with Crippen LogP contribution in [0.5, 0.6) is 0 Å². The van der Waals surface area contributed by atoms with E-state index in [0.29, 0.717) is 29.7 Å². The number of likely N-dealkylation sites (tertiary alicyclic amines) is 2. The van der Waals surface area contributed by atoms with Gasteiger partial charge in [-0.25, -0.2) is 0 Å². The van der Waals surface area contributed by atoms with Gasteiger partial charge in [0.15, 0.2) is 0 Å². The lowest BCUT2D eigenvalue weighted by Crippen LogP contribution is -2.51. The number of amides is 3. The van der Waals surface area contributed by atoms with Crippen molar-refractivity contribution in [3.63, 3.8) is 0 Å². The maximum Gasteiger partial charge on any atom is 0.268 e. The molecule has 3 amide bonds. The molecule has 1 aromatic heterocycles. The number of nitrogens with two attached hydrogens (primary N) is 1. The van der Waals surface area contributed by atoms with E-state index >= 15 is 0 Å². The van der Waals surface area contributed by atoms with Crippen molar-refractivity contribution < 1.29 is 14.4 Å². The molecule has 0 radical (unpaired) electrons. The summed E-state index contributed by atoms with van der Waals surface area (Å²) in [6.07, 6.45) is 4.63. The van der Waals surface area contributed by atoms with E-state index in [2.05, 4.69) is 22.2 Å². The third-order valence-corrected chi connectivity index (χ3v) is 7.63. The molecule has 8 nitrogen and oxygen atoms in total. The molecule has 1 aromatic carbocycles. The van der Waals surface area contributed by atoms with Crippen molar-refractivity contribution in [1.82, 2.24) is 20.1 Å². The van der Waals surface area contributed by atoms with Crippen molar-refractivity contribution in [3.8, 4) is 0 Å². The smallest absolute Gasteiger partial charge is 0.268 e. The van der Waals surface area contributed by atoms with Gasteiger partial charge in [0.05, 0.1) is 0 Å². The van der Waals surface area contributed by atoms with E-state index in [4.69, 9.17) is 17.3 Å². The van der Waals surface area contributed by atoms with Crippen LogP contribution in [0.25, 0.3) is 10.9 Å². The van der Waals surface area contributed by atoms with Gasteiger partial charge in [-0.2, -0.15) is 0 Å². The van der Waals surface area contributed by atoms with Crippen LogP contribution in [0, 0.1) is 11.8 Å². The van der Waals surface area contributed by atoms with Crippen LogP contribution in [0.4, 0.5) is 0 Å². The van der Waals surface area contributed by atoms with Gasteiger partial charge in [-0.3, -0.25) is 14.4 Å². The zero-order valence-corrected chi connectivity index (χ0v) is 21.7. The molecular formula is C25H35Cl2N5O3. The fourth-order valence-electron chi connectivity index (χ4n) is 5.32. The molecule has 1 atom stereocenters. The van der Waals surface area contributed by atoms with Crippen molar-refractivity contribution in [1.29, 1.82) is 0 Å². The summed E-state index contributed by atoms with van der Waals surface area (Å²) in [5.41, 5.74) is 6.46. The third-order valence-electron chi connectivity index (χ3n) is 7.39. The molecule has 192 valence electrons. The number of carbonyl (C=O) groups excluding carboxylic acids is 3. The molecule has 2 saturated heterocycles. The Morgan fingerprint density at radius 3 is 2.34 bits per heavy atom. The second-order valence-electron chi connectivity index (χ2n) is 9.75. The van der Waals surface area contributed by atoms with Crippen molar-refractivity contribution >= 4 is 52.6 Å². The monoisotopic (exact) mass is 523 g/mol. The zero-order valence-electron chi connectivity index (χ0n) is 20.1. The van der Waals surface area contributed by atoms with Crippen LogP contribution >= 0.6 is 24.0 Å². The Labute approximate surface area is 217 Å². The number of H-pyrrole nitrogens is 1. The van der Waals surface area contributed by atoms with Crippen molar-refractivity contribution in [3.05, 3.63) is 35.0 Å². The molecule has 10 heteroatoms. The number of rotatable bonds is 7. The maximum atomic E-state index is 13.3. The highest BCUT2D eigenvalue weighted by Gasteiger charge is 2.33. The lowest BCUT2D eigenvalue weighted by molar-refractivity contribution is -0.135. The molecular weight excluding hydrogens is 489 g/mol. The number of aromatic nitrogens is 1. The minimum Gasteiger partial charge on any atom is -0.370 e. The molecule has 2 aromatic rings. The molecule has 4 N–H and O–H groups in total. The van der Waals surface area contributed by atoms with Gasteiger partial charge >= 0.3 is 0 Å². The molecule has 0 aliphatic carbocycles. The summed E-state index contributed by atoms with van der Waals surface area (Å²) in [6.45, 7) is 3.66. The SMILES string of the molecule is CN1CCC(C2CCN(C(=O)[C@@H](CCC(N)=O)NC(=O)c3cc4cc(Cl)ccc4[nH]3)CC2)CC1.Cl. The lowest BCUT2D eigenvalue weighted by atomic mass is 9.79. The summed E-state index contributed by atoms with van der Waals surface area (Å²) in [6, 6.07) is 6.23. The van der Waals surface area contributed by atoms with E-state index in [0.717, 1.165) is 42.8 Å². The van der Waals surface area contributed by atoms with Gasteiger partial charge in [0.25, 0.3) is 5.91 Å². The number of hydrogen-bond donors (Lipinski definition) is 3. The van der Waals surface area contributed by atoms with E-state index < -0.39 is 17.9 Å². The summed E-state index contributed by atoms with van der Waals surface area (Å²) in [5.74, 6) is 0.351. The fourth-order valence-corrected chi connectivity index (χ4v) is 5.50. The number of nitrogens with zero attached hydrogens (tertiary/aromatic N) is 2. The first-order chi connectivity index (χ1) is 16.3. The van der Waals surface area contributed by atoms with E-state index in [1.807, 2.05) is 4.90 Å². The topological polar surface area (TPSA) is 112 Å². The average molecular weight is 524 g/mol. The molecule has 2 aliphatic rings. The normalized spacial score (nSPS) is 18.7. The van der Waals surface area contributed by atoms with Crippen molar-refractivity contribution in [2.75, 3.05) is 33.2 Å². The Bertz CT molecular complexity index is 1040. The first kappa shape index (κ1) is 27.3. The molecule has 0 spiro atoms. The van der Waals surface area contributed by atoms with Crippen LogP contribution in [0.2, 0.25) is 5.02 Å². The molecule has 0 bridgehead atoms. The number of hydrogen-bond acceptors (Lipinski definition) is 4. The summed E-state index contributed by atoms with van der Waals surface area (Å²) >= 11 is 6.05. The first-order valence-corrected chi connectivity index (χ1v) is 12.5. The van der Waals surface area contributed by atoms with Crippen molar-refractivity contribution in [2.45, 2.75) is 44.6 Å². The number of fused-ring (bicyclic) bond motifs is 1. The highest BCUT2D eigenvalue weighted by Crippen LogP contribution is 2.32. The Morgan fingerprint density at radius 2 is 1.71 bits per heavy atom. The summed E-state index contributed by atoms with van der Waals surface area (Å²) in [5, 5.41) is 4.23. The quantitative estimate of drug-likeness (QED) is 0.517. The van der Waals surface area contributed by atoms with Gasteiger partial charge in [0, 0.05) is 35.4 Å². The Hall–Kier alpha value is -2.29. The second-order valence-corrected chi connectivity index (χ2v) is 10.2. The largest absolute Gasteiger partial charge is 0.370 e. The Balaban J connectivity index is 0.00000342. The minimum absolute atomic E-state index is 0. The number of carbonyl (C=O) groups is 3. The van der Waals surface area contributed by atoms with Crippen LogP contribution < -0.4 is 11.1 Å². The molecule has 3 heterocycles. The van der Waals surface area contributed by atoms with Gasteiger partial charge in [-0.15, -0.1) is 12.4 Å². The van der Waals surface area contributed by atoms with Gasteiger partial charge in [-0.05, 0) is 88.3 Å². The van der Waals surface area contributed by atoms with Crippen LogP contribution in [0.1, 0.15) is 49.0 Å². The minimum atomic E-state index is -0.796. The first-order valence-electron chi connectivity index (χ1n) is 12.1. The second kappa shape index (κ2) is 12.1. The summed E-state index contributed by atoms with van der Waals surface area (Å²) in [7, 11) is 2.17. The van der Waals surface area contributed by atoms with E-state index in [1.54, 1.807) is 24.3 Å². The number of primary amides is 1. The van der Waals surface area contributed by atoms with Gasteiger partial charge in [-0.1, -0.05) is 11.6 Å². The number of benzene rings is 1. The standard InChI is InChI=1S/C25H34ClN5O3.ClH/c1-30-10-6-16(7-11-30)17-8-12-31(13-9-17)25(34)21(4-5-23(27)32)29-24(33)22-15-18-14-19(26)2-3-20(18)28-22;/h2-3,14-17,21,28H,4-13H2,1H3,(H2,27,32)(H,29,33);1H/t21-;/m1./s1. The molecule has 2 aliphatic heterocycles. The van der Waals surface area contributed by atoms with Gasteiger partial charge in [0.2, 0.25) is 11.8 Å². The van der Waals surface area contributed by atoms with Crippen LogP contribution in [0.15, 0.2) is 24.3 Å². The predicted octanol–water partition coefficient (Wildman–Crippen LogP) is 3.19. The lowest BCUT2D eigenvalue weighted by Gasteiger charge is -2.40. The number of nitrogens with one attached hydrogen (secondary N) is 2. The Kier molecular flexibility index (Phi) is 9.44. The highest BCUT2D eigenvalue weighted by atomic mass is 35.5. The summed E-state index contributed by atoms with van der Waals surface area (Å²) in [4.78, 5) is 45.0. The third kappa shape index (κ3) is 6.90. The predicted molar refractivity (Wildman–Crippen MR) is 140 cm³/mol. The molecule has 2 fully saturated rings. The fraction of sp³-hybridized carbons (Fsp3) is 0.560. The maximum absolute atomic E-state index is 13.3. The van der Waals surface area contributed by atoms with E-state index in [1.165, 1.54) is 12.8 Å². The van der Waals surface area contributed by atoms with Crippen LogP contribution in [0.3, 0.4) is 0 Å². The van der Waals surface area contributed by atoms with Crippen molar-refractivity contribution in [2.24, 2.45) is 17.6 Å².